The molecule has 2 rings (SSSR count). The Bertz CT molecular complexity index is 704. The summed E-state index contributed by atoms with van der Waals surface area (Å²) in [6.45, 7) is 6.62. The van der Waals surface area contributed by atoms with Crippen LogP contribution in [0.2, 0.25) is 0 Å². The van der Waals surface area contributed by atoms with E-state index in [-0.39, 0.29) is 29.7 Å². The largest absolute Gasteiger partial charge is 0.508 e. The van der Waals surface area contributed by atoms with Crippen LogP contribution >= 0.6 is 24.0 Å². The molecule has 0 bridgehead atoms. The molecule has 0 saturated heterocycles. The van der Waals surface area contributed by atoms with Crippen LogP contribution in [-0.4, -0.2) is 46.0 Å². The molecule has 0 atom stereocenters. The van der Waals surface area contributed by atoms with Gasteiger partial charge in [0.15, 0.2) is 5.96 Å². The summed E-state index contributed by atoms with van der Waals surface area (Å²) in [5.74, 6) is 2.55. The Balaban J connectivity index is 0.00000338. The van der Waals surface area contributed by atoms with E-state index in [9.17, 15) is 5.11 Å². The van der Waals surface area contributed by atoms with Crippen molar-refractivity contribution in [3.05, 3.63) is 35.9 Å². The van der Waals surface area contributed by atoms with Gasteiger partial charge in [0.25, 0.3) is 0 Å². The zero-order chi connectivity index (χ0) is 18.1. The second-order valence-corrected chi connectivity index (χ2v) is 5.41. The van der Waals surface area contributed by atoms with Crippen molar-refractivity contribution in [2.24, 2.45) is 4.99 Å². The van der Waals surface area contributed by atoms with Crippen molar-refractivity contribution < 1.29 is 9.84 Å². The smallest absolute Gasteiger partial charge is 0.191 e. The van der Waals surface area contributed by atoms with Crippen molar-refractivity contribution in [2.75, 3.05) is 20.2 Å². The van der Waals surface area contributed by atoms with Gasteiger partial charge in [0, 0.05) is 31.6 Å². The third kappa shape index (κ3) is 6.36. The van der Waals surface area contributed by atoms with Crippen LogP contribution in [0.1, 0.15) is 25.2 Å². The number of rotatable bonds is 8. The quantitative estimate of drug-likeness (QED) is 0.308. The first-order valence-corrected chi connectivity index (χ1v) is 8.42. The standard InChI is InChI=1S/C17H26N6O2.HI/c1-4-16-22-21-12-23(16)9-8-19-17(18-5-2)20-11-13-10-14(25-3)6-7-15(13)24;/h6-7,10,12,24H,4-5,8-9,11H2,1-3H3,(H2,18,19,20);1H. The minimum Gasteiger partial charge on any atom is -0.508 e. The molecular weight excluding hydrogens is 447 g/mol. The molecule has 1 heterocycles. The predicted molar refractivity (Wildman–Crippen MR) is 112 cm³/mol. The van der Waals surface area contributed by atoms with Crippen molar-refractivity contribution in [3.8, 4) is 11.5 Å². The maximum atomic E-state index is 9.95. The number of aromatic hydroxyl groups is 1. The highest BCUT2D eigenvalue weighted by molar-refractivity contribution is 14.0. The minimum absolute atomic E-state index is 0. The molecule has 0 amide bonds. The third-order valence-corrected chi connectivity index (χ3v) is 3.70. The lowest BCUT2D eigenvalue weighted by atomic mass is 10.2. The number of nitrogens with one attached hydrogen (secondary N) is 2. The monoisotopic (exact) mass is 474 g/mol. The van der Waals surface area contributed by atoms with Crippen LogP contribution in [-0.2, 0) is 19.5 Å². The van der Waals surface area contributed by atoms with E-state index in [1.54, 1.807) is 31.6 Å². The van der Waals surface area contributed by atoms with Gasteiger partial charge in [-0.15, -0.1) is 34.2 Å². The number of aliphatic imine (C=N–C) groups is 1. The van der Waals surface area contributed by atoms with E-state index in [1.807, 2.05) is 11.5 Å². The number of aryl methyl sites for hydroxylation is 1. The van der Waals surface area contributed by atoms with Gasteiger partial charge in [-0.1, -0.05) is 6.92 Å². The summed E-state index contributed by atoms with van der Waals surface area (Å²) in [6, 6.07) is 5.12. The molecule has 0 unspecified atom stereocenters. The SMILES string of the molecule is CCNC(=NCc1cc(OC)ccc1O)NCCn1cnnc1CC.I. The molecule has 0 aliphatic heterocycles. The molecular formula is C17H27IN6O2. The van der Waals surface area contributed by atoms with Gasteiger partial charge >= 0.3 is 0 Å². The van der Waals surface area contributed by atoms with Crippen LogP contribution in [0.25, 0.3) is 0 Å². The molecule has 0 saturated carbocycles. The topological polar surface area (TPSA) is 96.6 Å². The molecule has 3 N–H and O–H groups in total. The van der Waals surface area contributed by atoms with Crippen LogP contribution in [0.15, 0.2) is 29.5 Å². The van der Waals surface area contributed by atoms with E-state index in [0.29, 0.717) is 30.4 Å². The molecule has 8 nitrogen and oxygen atoms in total. The van der Waals surface area contributed by atoms with Gasteiger partial charge in [0.2, 0.25) is 0 Å². The number of methoxy groups -OCH3 is 1. The molecule has 26 heavy (non-hydrogen) atoms. The van der Waals surface area contributed by atoms with E-state index in [0.717, 1.165) is 25.3 Å². The van der Waals surface area contributed by atoms with Gasteiger partial charge in [-0.2, -0.15) is 0 Å². The zero-order valence-electron chi connectivity index (χ0n) is 15.4. The molecule has 0 spiro atoms. The summed E-state index contributed by atoms with van der Waals surface area (Å²) in [5.41, 5.74) is 0.712. The van der Waals surface area contributed by atoms with Gasteiger partial charge in [-0.25, -0.2) is 4.99 Å². The van der Waals surface area contributed by atoms with Crippen molar-refractivity contribution in [2.45, 2.75) is 33.4 Å². The highest BCUT2D eigenvalue weighted by Crippen LogP contribution is 2.23. The van der Waals surface area contributed by atoms with Gasteiger partial charge < -0.3 is 25.0 Å². The van der Waals surface area contributed by atoms with E-state index >= 15 is 0 Å². The third-order valence-electron chi connectivity index (χ3n) is 3.70. The van der Waals surface area contributed by atoms with E-state index in [2.05, 4.69) is 32.7 Å². The Morgan fingerprint density at radius 1 is 1.31 bits per heavy atom. The average molecular weight is 474 g/mol. The van der Waals surface area contributed by atoms with Crippen LogP contribution in [0.5, 0.6) is 11.5 Å². The lowest BCUT2D eigenvalue weighted by Gasteiger charge is -2.12. The summed E-state index contributed by atoms with van der Waals surface area (Å²) in [4.78, 5) is 4.52. The van der Waals surface area contributed by atoms with Crippen molar-refractivity contribution in [1.82, 2.24) is 25.4 Å². The van der Waals surface area contributed by atoms with Crippen molar-refractivity contribution >= 4 is 29.9 Å². The molecule has 0 radical (unpaired) electrons. The number of phenolic OH excluding ortho intramolecular Hbond substituents is 1. The van der Waals surface area contributed by atoms with Crippen molar-refractivity contribution in [3.63, 3.8) is 0 Å². The first-order valence-electron chi connectivity index (χ1n) is 8.42. The lowest BCUT2D eigenvalue weighted by molar-refractivity contribution is 0.411. The fraction of sp³-hybridized carbons (Fsp3) is 0.471. The Kier molecular flexibility index (Phi) is 9.78. The molecule has 0 fully saturated rings. The first-order chi connectivity index (χ1) is 12.2. The number of aromatic nitrogens is 3. The summed E-state index contributed by atoms with van der Waals surface area (Å²) >= 11 is 0. The number of hydrogen-bond donors (Lipinski definition) is 3. The van der Waals surface area contributed by atoms with Crippen LogP contribution in [0.4, 0.5) is 0 Å². The second-order valence-electron chi connectivity index (χ2n) is 5.41. The number of nitrogens with zero attached hydrogens (tertiary/aromatic N) is 4. The van der Waals surface area contributed by atoms with E-state index in [4.69, 9.17) is 4.74 Å². The summed E-state index contributed by atoms with van der Waals surface area (Å²) in [7, 11) is 1.60. The molecule has 9 heteroatoms. The number of hydrogen-bond acceptors (Lipinski definition) is 5. The van der Waals surface area contributed by atoms with Gasteiger partial charge in [0.05, 0.1) is 13.7 Å². The van der Waals surface area contributed by atoms with Crippen LogP contribution in [0, 0.1) is 0 Å². The highest BCUT2D eigenvalue weighted by atomic mass is 127. The van der Waals surface area contributed by atoms with E-state index in [1.165, 1.54) is 0 Å². The Morgan fingerprint density at radius 3 is 2.81 bits per heavy atom. The molecule has 0 aliphatic carbocycles. The van der Waals surface area contributed by atoms with Gasteiger partial charge in [-0.05, 0) is 25.1 Å². The summed E-state index contributed by atoms with van der Waals surface area (Å²) in [5, 5.41) is 24.4. The number of halogens is 1. The maximum Gasteiger partial charge on any atom is 0.191 e. The maximum absolute atomic E-state index is 9.95. The number of ether oxygens (including phenoxy) is 1. The average Bonchev–Trinajstić information content (AvgIpc) is 3.08. The Labute approximate surface area is 171 Å². The first kappa shape index (κ1) is 22.0. The van der Waals surface area contributed by atoms with E-state index < -0.39 is 0 Å². The molecule has 1 aromatic carbocycles. The Hall–Kier alpha value is -2.04. The molecule has 0 aliphatic rings. The zero-order valence-corrected chi connectivity index (χ0v) is 17.7. The number of phenols is 1. The number of guanidine groups is 1. The van der Waals surface area contributed by atoms with Crippen molar-refractivity contribution in [1.29, 1.82) is 0 Å². The molecule has 1 aromatic heterocycles. The fourth-order valence-corrected chi connectivity index (χ4v) is 2.36. The number of benzene rings is 1. The highest BCUT2D eigenvalue weighted by Gasteiger charge is 2.05. The van der Waals surface area contributed by atoms with Gasteiger partial charge in [0.1, 0.15) is 23.7 Å². The second kappa shape index (κ2) is 11.6. The lowest BCUT2D eigenvalue weighted by Crippen LogP contribution is -2.38. The predicted octanol–water partition coefficient (Wildman–Crippen LogP) is 1.93. The minimum atomic E-state index is 0. The van der Waals surface area contributed by atoms with Crippen LogP contribution in [0.3, 0.4) is 0 Å². The van der Waals surface area contributed by atoms with Crippen LogP contribution < -0.4 is 15.4 Å². The summed E-state index contributed by atoms with van der Waals surface area (Å²) in [6.07, 6.45) is 2.59. The van der Waals surface area contributed by atoms with Gasteiger partial charge in [-0.3, -0.25) is 0 Å². The Morgan fingerprint density at radius 2 is 2.12 bits per heavy atom. The summed E-state index contributed by atoms with van der Waals surface area (Å²) < 4.78 is 7.21. The fourth-order valence-electron chi connectivity index (χ4n) is 2.36. The molecule has 2 aromatic rings. The molecule has 144 valence electrons. The normalized spacial score (nSPS) is 11.0.